The van der Waals surface area contributed by atoms with E-state index in [-0.39, 0.29) is 5.91 Å². The number of nitrogens with zero attached hydrogens (tertiary/aromatic N) is 4. The number of carbonyl (C=O) groups excluding carboxylic acids is 1. The van der Waals surface area contributed by atoms with Crippen LogP contribution in [0.1, 0.15) is 17.5 Å². The Kier molecular flexibility index (Phi) is 4.82. The van der Waals surface area contributed by atoms with E-state index in [1.54, 1.807) is 28.0 Å². The van der Waals surface area contributed by atoms with Crippen LogP contribution in [0.3, 0.4) is 0 Å². The number of anilines is 1. The van der Waals surface area contributed by atoms with Gasteiger partial charge in [0.2, 0.25) is 5.13 Å². The van der Waals surface area contributed by atoms with E-state index in [1.165, 1.54) is 16.0 Å². The first-order valence-electron chi connectivity index (χ1n) is 8.92. The number of hydrogen-bond acceptors (Lipinski definition) is 7. The monoisotopic (exact) mass is 458 g/mol. The quantitative estimate of drug-likeness (QED) is 0.230. The van der Waals surface area contributed by atoms with Gasteiger partial charge in [0.15, 0.2) is 4.34 Å². The van der Waals surface area contributed by atoms with Crippen molar-refractivity contribution in [1.29, 1.82) is 0 Å². The molecule has 0 bridgehead atoms. The highest BCUT2D eigenvalue weighted by Crippen LogP contribution is 2.48. The number of benzene rings is 2. The number of alkyl halides is 1. The molecule has 1 fully saturated rings. The number of rotatable bonds is 5. The summed E-state index contributed by atoms with van der Waals surface area (Å²) in [5.74, 6) is 0.519. The van der Waals surface area contributed by atoms with Gasteiger partial charge in [0.1, 0.15) is 10.4 Å². The molecule has 1 aliphatic heterocycles. The molecule has 2 atom stereocenters. The molecule has 1 amide bonds. The summed E-state index contributed by atoms with van der Waals surface area (Å²) in [7, 11) is 0. The topological polar surface area (TPSA) is 59.0 Å². The van der Waals surface area contributed by atoms with E-state index < -0.39 is 10.9 Å². The highest BCUT2D eigenvalue weighted by atomic mass is 35.5. The number of fused-ring (bicyclic) bond motifs is 1. The van der Waals surface area contributed by atoms with Crippen LogP contribution in [0.15, 0.2) is 58.9 Å². The average molecular weight is 459 g/mol. The molecule has 2 aromatic carbocycles. The van der Waals surface area contributed by atoms with Crippen LogP contribution in [0.2, 0.25) is 0 Å². The molecule has 0 N–H and O–H groups in total. The van der Waals surface area contributed by atoms with Gasteiger partial charge in [-0.25, -0.2) is 4.98 Å². The molecule has 1 aliphatic rings. The molecule has 0 saturated carbocycles. The molecular weight excluding hydrogens is 444 g/mol. The van der Waals surface area contributed by atoms with Crippen LogP contribution in [0, 0.1) is 0 Å². The smallest absolute Gasteiger partial charge is 0.250 e. The summed E-state index contributed by atoms with van der Waals surface area (Å²) < 4.78 is 2.17. The normalized spacial score (nSPS) is 21.5. The van der Waals surface area contributed by atoms with E-state index >= 15 is 0 Å². The van der Waals surface area contributed by atoms with E-state index in [0.29, 0.717) is 10.9 Å². The van der Waals surface area contributed by atoms with E-state index in [2.05, 4.69) is 21.2 Å². The van der Waals surface area contributed by atoms with Gasteiger partial charge in [-0.2, -0.15) is 0 Å². The Morgan fingerprint density at radius 2 is 1.86 bits per heavy atom. The van der Waals surface area contributed by atoms with Crippen LogP contribution in [-0.2, 0) is 16.1 Å². The van der Waals surface area contributed by atoms with Crippen molar-refractivity contribution >= 4 is 67.3 Å². The van der Waals surface area contributed by atoms with Crippen molar-refractivity contribution < 1.29 is 4.79 Å². The van der Waals surface area contributed by atoms with Crippen LogP contribution in [0.25, 0.3) is 10.2 Å². The third-order valence-electron chi connectivity index (χ3n) is 4.99. The van der Waals surface area contributed by atoms with Crippen molar-refractivity contribution in [3.63, 3.8) is 0 Å². The summed E-state index contributed by atoms with van der Waals surface area (Å²) in [4.78, 5) is 18.9. The standard InChI is InChI=1S/C20H15ClN4OS3/c1-20(12-7-3-2-4-8-12)16(21)17(26)25(20)18-24-23-15(29-18)11-27-19-22-13-9-5-6-10-14(13)28-19/h2-10,16H,11H2,1H3. The zero-order valence-electron chi connectivity index (χ0n) is 15.3. The molecule has 4 aromatic rings. The number of hydrogen-bond donors (Lipinski definition) is 0. The highest BCUT2D eigenvalue weighted by Gasteiger charge is 2.59. The van der Waals surface area contributed by atoms with Crippen LogP contribution in [0.4, 0.5) is 5.13 Å². The molecule has 146 valence electrons. The van der Waals surface area contributed by atoms with Crippen LogP contribution in [-0.4, -0.2) is 26.5 Å². The van der Waals surface area contributed by atoms with Gasteiger partial charge in [-0.1, -0.05) is 65.6 Å². The van der Waals surface area contributed by atoms with Crippen molar-refractivity contribution in [3.05, 3.63) is 65.2 Å². The number of thiazole rings is 1. The number of para-hydroxylation sites is 1. The fourth-order valence-corrected chi connectivity index (χ4v) is 6.73. The lowest BCUT2D eigenvalue weighted by molar-refractivity contribution is -0.126. The maximum Gasteiger partial charge on any atom is 0.250 e. The molecule has 2 unspecified atom stereocenters. The summed E-state index contributed by atoms with van der Waals surface area (Å²) in [5, 5.41) is 9.40. The van der Waals surface area contributed by atoms with Gasteiger partial charge in [0.05, 0.1) is 21.5 Å². The van der Waals surface area contributed by atoms with Crippen LogP contribution < -0.4 is 4.90 Å². The Balaban J connectivity index is 1.35. The van der Waals surface area contributed by atoms with E-state index in [0.717, 1.165) is 20.4 Å². The third-order valence-corrected chi connectivity index (χ3v) is 8.89. The van der Waals surface area contributed by atoms with E-state index in [9.17, 15) is 4.79 Å². The summed E-state index contributed by atoms with van der Waals surface area (Å²) in [6.07, 6.45) is 0. The van der Waals surface area contributed by atoms with E-state index in [4.69, 9.17) is 11.6 Å². The molecule has 0 aliphatic carbocycles. The maximum atomic E-state index is 12.6. The summed E-state index contributed by atoms with van der Waals surface area (Å²) in [5.41, 5.74) is 1.37. The van der Waals surface area contributed by atoms with Gasteiger partial charge in [-0.05, 0) is 24.6 Å². The second-order valence-electron chi connectivity index (χ2n) is 6.76. The zero-order chi connectivity index (χ0) is 20.0. The lowest BCUT2D eigenvalue weighted by Crippen LogP contribution is -2.69. The number of halogens is 1. The van der Waals surface area contributed by atoms with Gasteiger partial charge in [0, 0.05) is 0 Å². The van der Waals surface area contributed by atoms with Crippen molar-refractivity contribution in [2.24, 2.45) is 0 Å². The Labute approximate surface area is 184 Å². The molecule has 5 nitrogen and oxygen atoms in total. The average Bonchev–Trinajstić information content (AvgIpc) is 3.39. The largest absolute Gasteiger partial charge is 0.273 e. The lowest BCUT2D eigenvalue weighted by atomic mass is 9.79. The van der Waals surface area contributed by atoms with Gasteiger partial charge >= 0.3 is 0 Å². The van der Waals surface area contributed by atoms with Crippen molar-refractivity contribution in [3.8, 4) is 0 Å². The fourth-order valence-electron chi connectivity index (χ4n) is 3.40. The summed E-state index contributed by atoms with van der Waals surface area (Å²) in [6, 6.07) is 17.9. The maximum absolute atomic E-state index is 12.6. The van der Waals surface area contributed by atoms with Gasteiger partial charge in [0.25, 0.3) is 5.91 Å². The first-order chi connectivity index (χ1) is 14.1. The fraction of sp³-hybridized carbons (Fsp3) is 0.200. The number of β-lactam (4-membered cyclic amide) rings is 1. The molecule has 1 saturated heterocycles. The Morgan fingerprint density at radius 3 is 2.66 bits per heavy atom. The first kappa shape index (κ1) is 19.0. The minimum Gasteiger partial charge on any atom is -0.273 e. The number of carbonyl (C=O) groups is 1. The van der Waals surface area contributed by atoms with Crippen molar-refractivity contribution in [2.45, 2.75) is 27.9 Å². The molecule has 5 rings (SSSR count). The van der Waals surface area contributed by atoms with Crippen molar-refractivity contribution in [2.75, 3.05) is 4.90 Å². The minimum absolute atomic E-state index is 0.139. The summed E-state index contributed by atoms with van der Waals surface area (Å²) in [6.45, 7) is 1.97. The SMILES string of the molecule is CC1(c2ccccc2)C(Cl)C(=O)N1c1nnc(CSc2nc3ccccc3s2)s1. The Morgan fingerprint density at radius 1 is 1.10 bits per heavy atom. The predicted octanol–water partition coefficient (Wildman–Crippen LogP) is 5.31. The second-order valence-corrected chi connectivity index (χ2v) is 10.5. The minimum atomic E-state index is -0.628. The van der Waals surface area contributed by atoms with Crippen molar-refractivity contribution in [1.82, 2.24) is 15.2 Å². The second kappa shape index (κ2) is 7.36. The zero-order valence-corrected chi connectivity index (χ0v) is 18.5. The Hall–Kier alpha value is -2.00. The molecule has 3 heterocycles. The number of amides is 1. The number of aromatic nitrogens is 3. The first-order valence-corrected chi connectivity index (χ1v) is 12.0. The molecular formula is C20H15ClN4OS3. The van der Waals surface area contributed by atoms with Crippen LogP contribution in [0.5, 0.6) is 0 Å². The molecule has 29 heavy (non-hydrogen) atoms. The van der Waals surface area contributed by atoms with Gasteiger partial charge in [-0.3, -0.25) is 9.69 Å². The summed E-state index contributed by atoms with van der Waals surface area (Å²) >= 11 is 11.2. The van der Waals surface area contributed by atoms with Crippen LogP contribution >= 0.6 is 46.0 Å². The molecule has 0 radical (unpaired) electrons. The highest BCUT2D eigenvalue weighted by molar-refractivity contribution is 8.00. The van der Waals surface area contributed by atoms with Gasteiger partial charge in [-0.15, -0.1) is 33.1 Å². The van der Waals surface area contributed by atoms with Gasteiger partial charge < -0.3 is 0 Å². The molecule has 2 aromatic heterocycles. The third kappa shape index (κ3) is 3.15. The predicted molar refractivity (Wildman–Crippen MR) is 120 cm³/mol. The van der Waals surface area contributed by atoms with E-state index in [1.807, 2.05) is 55.5 Å². The number of thioether (sulfide) groups is 1. The molecule has 9 heteroatoms. The molecule has 0 spiro atoms. The Bertz CT molecular complexity index is 1160. The lowest BCUT2D eigenvalue weighted by Gasteiger charge is -2.52.